The summed E-state index contributed by atoms with van der Waals surface area (Å²) in [6.45, 7) is 0.380. The second kappa shape index (κ2) is 8.41. The molecule has 2 aromatic carbocycles. The highest BCUT2D eigenvalue weighted by Crippen LogP contribution is 2.20. The van der Waals surface area contributed by atoms with Crippen molar-refractivity contribution in [2.45, 2.75) is 17.1 Å². The van der Waals surface area contributed by atoms with Crippen molar-refractivity contribution in [3.05, 3.63) is 88.8 Å². The molecule has 1 N–H and O–H groups in total. The van der Waals surface area contributed by atoms with Crippen LogP contribution in [0.1, 0.15) is 21.7 Å². The van der Waals surface area contributed by atoms with Crippen molar-refractivity contribution in [3.8, 4) is 0 Å². The van der Waals surface area contributed by atoms with Crippen LogP contribution in [0.15, 0.2) is 76.2 Å². The van der Waals surface area contributed by atoms with Crippen LogP contribution in [0, 0.1) is 0 Å². The van der Waals surface area contributed by atoms with Crippen LogP contribution in [0.3, 0.4) is 0 Å². The van der Waals surface area contributed by atoms with Gasteiger partial charge in [-0.1, -0.05) is 41.9 Å². The van der Waals surface area contributed by atoms with Crippen LogP contribution in [-0.4, -0.2) is 20.9 Å². The molecule has 7 heteroatoms. The summed E-state index contributed by atoms with van der Waals surface area (Å²) in [7, 11) is -3.56. The standard InChI is InChI=1S/C20H18ClNO4S/c21-17-6-4-5-15(13-17)9-11-22-20(23)19-16(10-12-26-19)14-27(24,25)18-7-2-1-3-8-18/h1-8,10,12-13H,9,11,14H2,(H,22,23). The number of sulfone groups is 1. The van der Waals surface area contributed by atoms with Crippen molar-refractivity contribution in [3.63, 3.8) is 0 Å². The first-order valence-corrected chi connectivity index (χ1v) is 10.4. The zero-order valence-corrected chi connectivity index (χ0v) is 16.0. The van der Waals surface area contributed by atoms with Crippen molar-refractivity contribution < 1.29 is 17.6 Å². The third-order valence-electron chi connectivity index (χ3n) is 3.99. The maximum absolute atomic E-state index is 12.5. The summed E-state index contributed by atoms with van der Waals surface area (Å²) in [5.41, 5.74) is 1.33. The van der Waals surface area contributed by atoms with Crippen molar-refractivity contribution in [2.75, 3.05) is 6.54 Å². The van der Waals surface area contributed by atoms with E-state index in [1.807, 2.05) is 18.2 Å². The zero-order chi connectivity index (χ0) is 19.3. The molecule has 0 atom stereocenters. The summed E-state index contributed by atoms with van der Waals surface area (Å²) in [6.07, 6.45) is 1.92. The number of carbonyl (C=O) groups excluding carboxylic acids is 1. The van der Waals surface area contributed by atoms with Crippen LogP contribution >= 0.6 is 11.6 Å². The molecular weight excluding hydrogens is 386 g/mol. The van der Waals surface area contributed by atoms with E-state index < -0.39 is 15.7 Å². The van der Waals surface area contributed by atoms with Crippen LogP contribution in [0.2, 0.25) is 5.02 Å². The predicted octanol–water partition coefficient (Wildman–Crippen LogP) is 3.88. The predicted molar refractivity (Wildman–Crippen MR) is 104 cm³/mol. The largest absolute Gasteiger partial charge is 0.459 e. The molecule has 1 amide bonds. The number of halogens is 1. The fourth-order valence-corrected chi connectivity index (χ4v) is 4.25. The van der Waals surface area contributed by atoms with E-state index in [1.54, 1.807) is 24.3 Å². The third kappa shape index (κ3) is 4.99. The lowest BCUT2D eigenvalue weighted by Crippen LogP contribution is -2.26. The monoisotopic (exact) mass is 403 g/mol. The summed E-state index contributed by atoms with van der Waals surface area (Å²) in [4.78, 5) is 12.6. The summed E-state index contributed by atoms with van der Waals surface area (Å²) in [5.74, 6) is -0.731. The van der Waals surface area contributed by atoms with Crippen molar-refractivity contribution in [1.29, 1.82) is 0 Å². The highest BCUT2D eigenvalue weighted by atomic mass is 35.5. The number of carbonyl (C=O) groups is 1. The molecule has 0 aliphatic carbocycles. The van der Waals surface area contributed by atoms with Gasteiger partial charge in [-0.2, -0.15) is 0 Å². The molecule has 1 aromatic heterocycles. The minimum atomic E-state index is -3.56. The third-order valence-corrected chi connectivity index (χ3v) is 5.91. The molecule has 27 heavy (non-hydrogen) atoms. The Morgan fingerprint density at radius 2 is 1.81 bits per heavy atom. The van der Waals surface area contributed by atoms with E-state index in [0.717, 1.165) is 5.56 Å². The SMILES string of the molecule is O=C(NCCc1cccc(Cl)c1)c1occc1CS(=O)(=O)c1ccccc1. The second-order valence-electron chi connectivity index (χ2n) is 5.98. The number of rotatable bonds is 7. The molecule has 0 saturated heterocycles. The first-order chi connectivity index (χ1) is 13.0. The Bertz CT molecular complexity index is 1030. The normalized spacial score (nSPS) is 11.3. The molecular formula is C20H18ClNO4S. The molecule has 5 nitrogen and oxygen atoms in total. The molecule has 0 aliphatic rings. The highest BCUT2D eigenvalue weighted by Gasteiger charge is 2.22. The lowest BCUT2D eigenvalue weighted by molar-refractivity contribution is 0.0925. The highest BCUT2D eigenvalue weighted by molar-refractivity contribution is 7.90. The molecule has 0 bridgehead atoms. The number of benzene rings is 2. The molecule has 3 aromatic rings. The summed E-state index contributed by atoms with van der Waals surface area (Å²) >= 11 is 5.94. The molecule has 3 rings (SSSR count). The fourth-order valence-electron chi connectivity index (χ4n) is 2.66. The molecule has 0 aliphatic heterocycles. The summed E-state index contributed by atoms with van der Waals surface area (Å²) < 4.78 is 30.3. The van der Waals surface area contributed by atoms with E-state index in [9.17, 15) is 13.2 Å². The van der Waals surface area contributed by atoms with Gasteiger partial charge in [-0.15, -0.1) is 0 Å². The topological polar surface area (TPSA) is 76.4 Å². The quantitative estimate of drug-likeness (QED) is 0.649. The minimum Gasteiger partial charge on any atom is -0.459 e. The van der Waals surface area contributed by atoms with Gasteiger partial charge in [0.15, 0.2) is 15.6 Å². The first kappa shape index (κ1) is 19.2. The van der Waals surface area contributed by atoms with E-state index in [2.05, 4.69) is 5.32 Å². The fraction of sp³-hybridized carbons (Fsp3) is 0.150. The van der Waals surface area contributed by atoms with Gasteiger partial charge in [0, 0.05) is 17.1 Å². The van der Waals surface area contributed by atoms with Crippen LogP contribution in [0.4, 0.5) is 0 Å². The Balaban J connectivity index is 1.65. The van der Waals surface area contributed by atoms with E-state index in [1.165, 1.54) is 24.5 Å². The van der Waals surface area contributed by atoms with Gasteiger partial charge in [-0.3, -0.25) is 4.79 Å². The Morgan fingerprint density at radius 3 is 2.56 bits per heavy atom. The van der Waals surface area contributed by atoms with Gasteiger partial charge < -0.3 is 9.73 Å². The van der Waals surface area contributed by atoms with E-state index in [0.29, 0.717) is 23.6 Å². The smallest absolute Gasteiger partial charge is 0.287 e. The number of nitrogens with one attached hydrogen (secondary N) is 1. The van der Waals surface area contributed by atoms with Crippen LogP contribution in [-0.2, 0) is 22.0 Å². The van der Waals surface area contributed by atoms with Crippen LogP contribution in [0.25, 0.3) is 0 Å². The Kier molecular flexibility index (Phi) is 5.98. The Morgan fingerprint density at radius 1 is 1.04 bits per heavy atom. The summed E-state index contributed by atoms with van der Waals surface area (Å²) in [5, 5.41) is 3.39. The maximum Gasteiger partial charge on any atom is 0.287 e. The minimum absolute atomic E-state index is 0.0144. The lowest BCUT2D eigenvalue weighted by atomic mass is 10.1. The van der Waals surface area contributed by atoms with Crippen LogP contribution < -0.4 is 5.32 Å². The molecule has 0 fully saturated rings. The van der Waals surface area contributed by atoms with Gasteiger partial charge in [-0.05, 0) is 42.3 Å². The second-order valence-corrected chi connectivity index (χ2v) is 8.41. The van der Waals surface area contributed by atoms with Gasteiger partial charge in [0.1, 0.15) is 0 Å². The average Bonchev–Trinajstić information content (AvgIpc) is 3.10. The molecule has 0 spiro atoms. The molecule has 0 saturated carbocycles. The van der Waals surface area contributed by atoms with Crippen LogP contribution in [0.5, 0.6) is 0 Å². The van der Waals surface area contributed by atoms with E-state index in [4.69, 9.17) is 16.0 Å². The molecule has 0 radical (unpaired) electrons. The number of furan rings is 1. The van der Waals surface area contributed by atoms with Crippen molar-refractivity contribution >= 4 is 27.3 Å². The maximum atomic E-state index is 12.5. The lowest BCUT2D eigenvalue weighted by Gasteiger charge is -2.07. The van der Waals surface area contributed by atoms with Gasteiger partial charge in [0.05, 0.1) is 16.9 Å². The average molecular weight is 404 g/mol. The molecule has 1 heterocycles. The Hall–Kier alpha value is -2.57. The molecule has 0 unspecified atom stereocenters. The summed E-state index contributed by atoms with van der Waals surface area (Å²) in [6, 6.07) is 17.0. The van der Waals surface area contributed by atoms with Gasteiger partial charge >= 0.3 is 0 Å². The number of amides is 1. The number of hydrogen-bond donors (Lipinski definition) is 1. The van der Waals surface area contributed by atoms with Gasteiger partial charge in [0.2, 0.25) is 0 Å². The zero-order valence-electron chi connectivity index (χ0n) is 14.4. The van der Waals surface area contributed by atoms with E-state index in [-0.39, 0.29) is 16.4 Å². The molecule has 140 valence electrons. The van der Waals surface area contributed by atoms with E-state index >= 15 is 0 Å². The Labute approximate surface area is 162 Å². The number of hydrogen-bond acceptors (Lipinski definition) is 4. The van der Waals surface area contributed by atoms with Crippen molar-refractivity contribution in [2.24, 2.45) is 0 Å². The van der Waals surface area contributed by atoms with Gasteiger partial charge in [-0.25, -0.2) is 8.42 Å². The van der Waals surface area contributed by atoms with Crippen molar-refractivity contribution in [1.82, 2.24) is 5.32 Å². The van der Waals surface area contributed by atoms with Gasteiger partial charge in [0.25, 0.3) is 5.91 Å². The first-order valence-electron chi connectivity index (χ1n) is 8.32.